The molecule has 0 radical (unpaired) electrons. The number of amides is 1. The smallest absolute Gasteiger partial charge is 0.219 e. The van der Waals surface area contributed by atoms with Gasteiger partial charge in [-0.3, -0.25) is 4.79 Å². The van der Waals surface area contributed by atoms with Gasteiger partial charge in [-0.2, -0.15) is 0 Å². The summed E-state index contributed by atoms with van der Waals surface area (Å²) in [5.74, 6) is -0.732. The summed E-state index contributed by atoms with van der Waals surface area (Å²) in [5, 5.41) is 3.14. The van der Waals surface area contributed by atoms with Gasteiger partial charge in [-0.15, -0.1) is 0 Å². The molecule has 17 heavy (non-hydrogen) atoms. The van der Waals surface area contributed by atoms with E-state index in [1.54, 1.807) is 12.1 Å². The van der Waals surface area contributed by atoms with Crippen molar-refractivity contribution in [3.8, 4) is 0 Å². The maximum Gasteiger partial charge on any atom is 0.219 e. The van der Waals surface area contributed by atoms with Gasteiger partial charge in [-0.1, -0.05) is 24.6 Å². The summed E-state index contributed by atoms with van der Waals surface area (Å²) in [7, 11) is 0. The van der Waals surface area contributed by atoms with Crippen LogP contribution >= 0.6 is 0 Å². The fourth-order valence-electron chi connectivity index (χ4n) is 1.74. The van der Waals surface area contributed by atoms with Crippen molar-refractivity contribution in [1.29, 1.82) is 0 Å². The number of nitrogens with two attached hydrogens (primary N) is 1. The quantitative estimate of drug-likeness (QED) is 0.797. The van der Waals surface area contributed by atoms with E-state index in [2.05, 4.69) is 5.32 Å². The van der Waals surface area contributed by atoms with Crippen molar-refractivity contribution in [2.75, 3.05) is 6.54 Å². The number of carbonyl (C=O) groups excluding carboxylic acids is 1. The van der Waals surface area contributed by atoms with Gasteiger partial charge >= 0.3 is 0 Å². The second-order valence-electron chi connectivity index (χ2n) is 4.20. The number of hydrogen-bond acceptors (Lipinski definition) is 2. The van der Waals surface area contributed by atoms with Crippen LogP contribution in [0.3, 0.4) is 0 Å². The average Bonchev–Trinajstić information content (AvgIpc) is 2.27. The highest BCUT2D eigenvalue weighted by Gasteiger charge is 2.17. The predicted molar refractivity (Wildman–Crippen MR) is 66.0 cm³/mol. The lowest BCUT2D eigenvalue weighted by Gasteiger charge is -2.18. The molecule has 0 aliphatic rings. The summed E-state index contributed by atoms with van der Waals surface area (Å²) in [6.07, 6.45) is 1.03. The lowest BCUT2D eigenvalue weighted by molar-refractivity contribution is -0.118. The van der Waals surface area contributed by atoms with E-state index in [9.17, 15) is 9.18 Å². The third-order valence-electron chi connectivity index (χ3n) is 2.57. The number of carbonyl (C=O) groups is 1. The van der Waals surface area contributed by atoms with E-state index in [0.29, 0.717) is 5.56 Å². The van der Waals surface area contributed by atoms with E-state index in [-0.39, 0.29) is 18.3 Å². The number of halogens is 1. The van der Waals surface area contributed by atoms with Gasteiger partial charge in [0, 0.05) is 18.0 Å². The topological polar surface area (TPSA) is 55.1 Å². The Kier molecular flexibility index (Phi) is 5.10. The molecule has 1 rings (SSSR count). The van der Waals surface area contributed by atoms with E-state index in [4.69, 9.17) is 5.73 Å². The van der Waals surface area contributed by atoms with Crippen molar-refractivity contribution >= 4 is 5.91 Å². The predicted octanol–water partition coefficient (Wildman–Crippen LogP) is 2.05. The standard InChI is InChI=1S/C13H19FN2O/c1-3-6-16-12(8-13(15)17)10-7-9(2)4-5-11(10)14/h4-5,7,12,16H,3,6,8H2,1-2H3,(H2,15,17). The highest BCUT2D eigenvalue weighted by Crippen LogP contribution is 2.21. The first-order valence-electron chi connectivity index (χ1n) is 5.82. The van der Waals surface area contributed by atoms with Gasteiger partial charge in [0.2, 0.25) is 5.91 Å². The summed E-state index contributed by atoms with van der Waals surface area (Å²) in [5.41, 5.74) is 6.67. The molecule has 1 atom stereocenters. The summed E-state index contributed by atoms with van der Waals surface area (Å²) in [6, 6.07) is 4.55. The maximum atomic E-state index is 13.7. The number of aryl methyl sites for hydroxylation is 1. The molecular formula is C13H19FN2O. The Balaban J connectivity index is 2.93. The molecule has 0 spiro atoms. The Labute approximate surface area is 101 Å². The van der Waals surface area contributed by atoms with Gasteiger partial charge in [-0.05, 0) is 26.0 Å². The molecule has 1 unspecified atom stereocenters. The zero-order valence-electron chi connectivity index (χ0n) is 10.3. The van der Waals surface area contributed by atoms with Crippen LogP contribution < -0.4 is 11.1 Å². The minimum atomic E-state index is -0.431. The lowest BCUT2D eigenvalue weighted by Crippen LogP contribution is -2.28. The van der Waals surface area contributed by atoms with Crippen molar-refractivity contribution in [2.45, 2.75) is 32.7 Å². The number of primary amides is 1. The SMILES string of the molecule is CCCNC(CC(N)=O)c1cc(C)ccc1F. The molecule has 0 heterocycles. The van der Waals surface area contributed by atoms with Gasteiger partial charge in [0.15, 0.2) is 0 Å². The first-order valence-corrected chi connectivity index (χ1v) is 5.82. The highest BCUT2D eigenvalue weighted by molar-refractivity contribution is 5.74. The average molecular weight is 238 g/mol. The monoisotopic (exact) mass is 238 g/mol. The first-order chi connectivity index (χ1) is 8.04. The molecule has 1 aromatic rings. The second kappa shape index (κ2) is 6.35. The fraction of sp³-hybridized carbons (Fsp3) is 0.462. The fourth-order valence-corrected chi connectivity index (χ4v) is 1.74. The Morgan fingerprint density at radius 1 is 1.53 bits per heavy atom. The van der Waals surface area contributed by atoms with Crippen molar-refractivity contribution < 1.29 is 9.18 Å². The van der Waals surface area contributed by atoms with E-state index in [1.165, 1.54) is 6.07 Å². The van der Waals surface area contributed by atoms with Crippen molar-refractivity contribution in [2.24, 2.45) is 5.73 Å². The largest absolute Gasteiger partial charge is 0.370 e. The molecule has 1 amide bonds. The molecule has 0 saturated heterocycles. The summed E-state index contributed by atoms with van der Waals surface area (Å²) < 4.78 is 13.7. The normalized spacial score (nSPS) is 12.4. The molecule has 0 fully saturated rings. The van der Waals surface area contributed by atoms with E-state index < -0.39 is 5.91 Å². The molecule has 0 bridgehead atoms. The van der Waals surface area contributed by atoms with Crippen molar-refractivity contribution in [3.63, 3.8) is 0 Å². The molecule has 4 heteroatoms. The number of rotatable bonds is 6. The molecule has 0 aliphatic heterocycles. The van der Waals surface area contributed by atoms with Crippen LogP contribution in [0.25, 0.3) is 0 Å². The number of nitrogens with one attached hydrogen (secondary N) is 1. The Bertz CT molecular complexity index is 393. The Morgan fingerprint density at radius 3 is 2.82 bits per heavy atom. The molecule has 0 aromatic heterocycles. The second-order valence-corrected chi connectivity index (χ2v) is 4.20. The van der Waals surface area contributed by atoms with Gasteiger partial charge in [0.25, 0.3) is 0 Å². The molecule has 1 aromatic carbocycles. The number of benzene rings is 1. The molecule has 0 aliphatic carbocycles. The molecular weight excluding hydrogens is 219 g/mol. The lowest BCUT2D eigenvalue weighted by atomic mass is 10.0. The van der Waals surface area contributed by atoms with Crippen molar-refractivity contribution in [3.05, 3.63) is 35.1 Å². The van der Waals surface area contributed by atoms with Gasteiger partial charge in [0.1, 0.15) is 5.82 Å². The van der Waals surface area contributed by atoms with Gasteiger partial charge in [-0.25, -0.2) is 4.39 Å². The van der Waals surface area contributed by atoms with Gasteiger partial charge in [0.05, 0.1) is 0 Å². The molecule has 3 N–H and O–H groups in total. The van der Waals surface area contributed by atoms with Crippen molar-refractivity contribution in [1.82, 2.24) is 5.32 Å². The van der Waals surface area contributed by atoms with Crippen LogP contribution in [-0.4, -0.2) is 12.5 Å². The Hall–Kier alpha value is -1.42. The van der Waals surface area contributed by atoms with Crippen LogP contribution in [0.15, 0.2) is 18.2 Å². The van der Waals surface area contributed by atoms with Gasteiger partial charge < -0.3 is 11.1 Å². The zero-order chi connectivity index (χ0) is 12.8. The van der Waals surface area contributed by atoms with E-state index in [0.717, 1.165) is 18.5 Å². The van der Waals surface area contributed by atoms with Crippen LogP contribution in [-0.2, 0) is 4.79 Å². The molecule has 0 saturated carbocycles. The van der Waals surface area contributed by atoms with Crippen LogP contribution in [0, 0.1) is 12.7 Å². The van der Waals surface area contributed by atoms with Crippen LogP contribution in [0.4, 0.5) is 4.39 Å². The minimum absolute atomic E-state index is 0.111. The van der Waals surface area contributed by atoms with Crippen LogP contribution in [0.2, 0.25) is 0 Å². The van der Waals surface area contributed by atoms with E-state index >= 15 is 0 Å². The summed E-state index contributed by atoms with van der Waals surface area (Å²) in [4.78, 5) is 11.0. The molecule has 3 nitrogen and oxygen atoms in total. The third-order valence-corrected chi connectivity index (χ3v) is 2.57. The maximum absolute atomic E-state index is 13.7. The minimum Gasteiger partial charge on any atom is -0.370 e. The Morgan fingerprint density at radius 2 is 2.24 bits per heavy atom. The highest BCUT2D eigenvalue weighted by atomic mass is 19.1. The number of hydrogen-bond donors (Lipinski definition) is 2. The summed E-state index contributed by atoms with van der Waals surface area (Å²) in [6.45, 7) is 4.64. The van der Waals surface area contributed by atoms with Crippen LogP contribution in [0.5, 0.6) is 0 Å². The van der Waals surface area contributed by atoms with E-state index in [1.807, 2.05) is 13.8 Å². The first kappa shape index (κ1) is 13.6. The van der Waals surface area contributed by atoms with Crippen LogP contribution in [0.1, 0.15) is 36.9 Å². The molecule has 94 valence electrons. The third kappa shape index (κ3) is 4.15. The zero-order valence-corrected chi connectivity index (χ0v) is 10.3. The summed E-state index contributed by atoms with van der Waals surface area (Å²) >= 11 is 0.